The maximum absolute atomic E-state index is 7.02. The second-order valence-corrected chi connectivity index (χ2v) is 12.8. The van der Waals surface area contributed by atoms with E-state index < -0.39 is 0 Å². The monoisotopic (exact) mass is 415 g/mol. The third kappa shape index (κ3) is 2.80. The first kappa shape index (κ1) is 20.5. The van der Waals surface area contributed by atoms with Gasteiger partial charge in [-0.25, -0.2) is 0 Å². The van der Waals surface area contributed by atoms with Crippen molar-refractivity contribution in [1.82, 2.24) is 5.32 Å². The number of rotatable bonds is 1. The van der Waals surface area contributed by atoms with Gasteiger partial charge >= 0.3 is 0 Å². The van der Waals surface area contributed by atoms with Crippen LogP contribution in [-0.4, -0.2) is 31.6 Å². The van der Waals surface area contributed by atoms with Gasteiger partial charge in [0.05, 0.1) is 12.2 Å². The number of hydrogen-bond donors (Lipinski definition) is 1. The molecule has 3 heteroatoms. The number of hydrogen-bond acceptors (Lipinski definition) is 3. The molecule has 2 heterocycles. The molecule has 4 aliphatic carbocycles. The van der Waals surface area contributed by atoms with Gasteiger partial charge in [0, 0.05) is 19.6 Å². The van der Waals surface area contributed by atoms with Crippen LogP contribution in [0.3, 0.4) is 0 Å². The SMILES string of the molecule is CO[C@H]1CC[C@H]2[C@@H](CC[C@@H]3[C@@H]2CC[C@]2(C)[C@@H]4[C@H](C[C@@H]32)O[C@@]2(CC[C@H](C)CN2)[C@H]4C)C1. The largest absolute Gasteiger partial charge is 0.381 e. The van der Waals surface area contributed by atoms with Gasteiger partial charge in [-0.1, -0.05) is 20.8 Å². The molecule has 0 aromatic rings. The van der Waals surface area contributed by atoms with Gasteiger partial charge in [-0.2, -0.15) is 0 Å². The predicted molar refractivity (Wildman–Crippen MR) is 120 cm³/mol. The third-order valence-corrected chi connectivity index (χ3v) is 11.7. The zero-order chi connectivity index (χ0) is 20.7. The van der Waals surface area contributed by atoms with Crippen molar-refractivity contribution < 1.29 is 9.47 Å². The van der Waals surface area contributed by atoms with Crippen LogP contribution in [0, 0.1) is 52.8 Å². The molecule has 0 amide bonds. The highest BCUT2D eigenvalue weighted by molar-refractivity contribution is 5.15. The first-order valence-corrected chi connectivity index (χ1v) is 13.4. The van der Waals surface area contributed by atoms with Gasteiger partial charge in [-0.15, -0.1) is 0 Å². The Bertz CT molecular complexity index is 657. The molecule has 1 N–H and O–H groups in total. The minimum absolute atomic E-state index is 0.0110. The minimum Gasteiger partial charge on any atom is -0.381 e. The number of nitrogens with one attached hydrogen (secondary N) is 1. The van der Waals surface area contributed by atoms with Gasteiger partial charge < -0.3 is 9.47 Å². The lowest BCUT2D eigenvalue weighted by Gasteiger charge is -2.57. The molecule has 170 valence electrons. The first-order valence-electron chi connectivity index (χ1n) is 13.4. The maximum atomic E-state index is 7.02. The van der Waals surface area contributed by atoms with Crippen molar-refractivity contribution in [3.05, 3.63) is 0 Å². The van der Waals surface area contributed by atoms with Gasteiger partial charge in [0.1, 0.15) is 5.72 Å². The highest BCUT2D eigenvalue weighted by Gasteiger charge is 2.67. The number of fused-ring (bicyclic) bond motifs is 7. The van der Waals surface area contributed by atoms with E-state index in [-0.39, 0.29) is 5.72 Å². The van der Waals surface area contributed by atoms with E-state index in [0.717, 1.165) is 48.0 Å². The van der Waals surface area contributed by atoms with Crippen LogP contribution in [0.1, 0.15) is 85.0 Å². The molecule has 0 aromatic carbocycles. The summed E-state index contributed by atoms with van der Waals surface area (Å²) in [6.07, 6.45) is 14.9. The van der Waals surface area contributed by atoms with Crippen molar-refractivity contribution in [3.8, 4) is 0 Å². The van der Waals surface area contributed by atoms with E-state index in [1.54, 1.807) is 0 Å². The molecule has 0 aromatic heterocycles. The summed E-state index contributed by atoms with van der Waals surface area (Å²) in [6.45, 7) is 8.75. The van der Waals surface area contributed by atoms with E-state index in [4.69, 9.17) is 9.47 Å². The quantitative estimate of drug-likeness (QED) is 0.602. The molecule has 3 nitrogen and oxygen atoms in total. The molecule has 1 spiro atoms. The van der Waals surface area contributed by atoms with E-state index in [9.17, 15) is 0 Å². The number of methoxy groups -OCH3 is 1. The number of piperidine rings is 1. The van der Waals surface area contributed by atoms with Gasteiger partial charge in [0.2, 0.25) is 0 Å². The fraction of sp³-hybridized carbons (Fsp3) is 1.00. The topological polar surface area (TPSA) is 30.5 Å². The van der Waals surface area contributed by atoms with E-state index in [2.05, 4.69) is 26.1 Å². The van der Waals surface area contributed by atoms with Crippen LogP contribution in [0.25, 0.3) is 0 Å². The molecule has 0 bridgehead atoms. The average Bonchev–Trinajstić information content (AvgIpc) is 3.20. The zero-order valence-electron chi connectivity index (χ0n) is 19.9. The Kier molecular flexibility index (Phi) is 4.91. The summed E-state index contributed by atoms with van der Waals surface area (Å²) in [6, 6.07) is 0. The molecule has 6 aliphatic rings. The van der Waals surface area contributed by atoms with Crippen LogP contribution >= 0.6 is 0 Å². The fourth-order valence-electron chi connectivity index (χ4n) is 10.2. The normalized spacial score (nSPS) is 60.0. The van der Waals surface area contributed by atoms with E-state index in [1.165, 1.54) is 64.2 Å². The van der Waals surface area contributed by atoms with E-state index in [1.807, 2.05) is 7.11 Å². The van der Waals surface area contributed by atoms with Crippen molar-refractivity contribution >= 4 is 0 Å². The van der Waals surface area contributed by atoms with Crippen molar-refractivity contribution in [2.75, 3.05) is 13.7 Å². The van der Waals surface area contributed by atoms with Crippen LogP contribution < -0.4 is 5.32 Å². The summed E-state index contributed by atoms with van der Waals surface area (Å²) < 4.78 is 12.8. The molecule has 0 radical (unpaired) electrons. The van der Waals surface area contributed by atoms with Crippen LogP contribution in [0.5, 0.6) is 0 Å². The lowest BCUT2D eigenvalue weighted by atomic mass is 9.49. The molecule has 2 saturated heterocycles. The molecule has 2 aliphatic heterocycles. The fourth-order valence-corrected chi connectivity index (χ4v) is 10.2. The Balaban J connectivity index is 1.22. The molecule has 4 saturated carbocycles. The zero-order valence-corrected chi connectivity index (χ0v) is 19.9. The Morgan fingerprint density at radius 1 is 0.900 bits per heavy atom. The summed E-state index contributed by atoms with van der Waals surface area (Å²) in [4.78, 5) is 0. The molecular formula is C27H45NO2. The molecule has 6 rings (SSSR count). The molecule has 0 unspecified atom stereocenters. The highest BCUT2D eigenvalue weighted by Crippen LogP contribution is 2.69. The molecular weight excluding hydrogens is 370 g/mol. The summed E-state index contributed by atoms with van der Waals surface area (Å²) in [5, 5.41) is 3.90. The van der Waals surface area contributed by atoms with Crippen molar-refractivity contribution in [3.63, 3.8) is 0 Å². The first-order chi connectivity index (χ1) is 14.4. The summed E-state index contributed by atoms with van der Waals surface area (Å²) >= 11 is 0. The Morgan fingerprint density at radius 3 is 2.50 bits per heavy atom. The third-order valence-electron chi connectivity index (χ3n) is 11.7. The Morgan fingerprint density at radius 2 is 1.73 bits per heavy atom. The highest BCUT2D eigenvalue weighted by atomic mass is 16.5. The van der Waals surface area contributed by atoms with Gasteiger partial charge in [0.15, 0.2) is 0 Å². The predicted octanol–water partition coefficient (Wildman–Crippen LogP) is 5.63. The van der Waals surface area contributed by atoms with Crippen LogP contribution in [0.15, 0.2) is 0 Å². The lowest BCUT2D eigenvalue weighted by molar-refractivity contribution is -0.120. The number of ether oxygens (including phenoxy) is 2. The van der Waals surface area contributed by atoms with E-state index in [0.29, 0.717) is 23.5 Å². The van der Waals surface area contributed by atoms with Crippen LogP contribution in [0.2, 0.25) is 0 Å². The van der Waals surface area contributed by atoms with Crippen LogP contribution in [0.4, 0.5) is 0 Å². The van der Waals surface area contributed by atoms with Gasteiger partial charge in [-0.05, 0) is 111 Å². The Hall–Kier alpha value is -0.120. The van der Waals surface area contributed by atoms with E-state index >= 15 is 0 Å². The summed E-state index contributed by atoms with van der Waals surface area (Å²) in [7, 11) is 1.93. The Labute approximate surface area is 184 Å². The van der Waals surface area contributed by atoms with Crippen molar-refractivity contribution in [1.29, 1.82) is 0 Å². The average molecular weight is 416 g/mol. The second kappa shape index (κ2) is 7.19. The summed E-state index contributed by atoms with van der Waals surface area (Å²) in [5.41, 5.74) is 0.499. The standard InChI is InChI=1S/C27H45NO2/c1-16-9-12-27(28-15-16)17(2)25-24(30-27)14-23-22-7-5-18-13-19(29-4)6-8-20(18)21(22)10-11-26(23,25)3/h16-25,28H,5-15H2,1-4H3/t16-,17-,18-,19-,20-,21+,22+,23-,24-,25-,26-,27-/m0/s1. The minimum atomic E-state index is -0.0110. The molecule has 12 atom stereocenters. The van der Waals surface area contributed by atoms with Crippen molar-refractivity contribution in [2.24, 2.45) is 52.8 Å². The second-order valence-electron chi connectivity index (χ2n) is 12.8. The maximum Gasteiger partial charge on any atom is 0.122 e. The molecule has 30 heavy (non-hydrogen) atoms. The van der Waals surface area contributed by atoms with Crippen LogP contribution in [-0.2, 0) is 9.47 Å². The van der Waals surface area contributed by atoms with Gasteiger partial charge in [-0.3, -0.25) is 5.32 Å². The lowest BCUT2D eigenvalue weighted by Crippen LogP contribution is -2.56. The van der Waals surface area contributed by atoms with Crippen molar-refractivity contribution in [2.45, 2.75) is 103 Å². The smallest absolute Gasteiger partial charge is 0.122 e. The molecule has 6 fully saturated rings. The van der Waals surface area contributed by atoms with Gasteiger partial charge in [0.25, 0.3) is 0 Å². The summed E-state index contributed by atoms with van der Waals surface area (Å²) in [5.74, 6) is 7.05.